The van der Waals surface area contributed by atoms with Crippen LogP contribution in [0.25, 0.3) is 0 Å². The van der Waals surface area contributed by atoms with E-state index in [4.69, 9.17) is 0 Å². The lowest BCUT2D eigenvalue weighted by atomic mass is 9.98. The fourth-order valence-corrected chi connectivity index (χ4v) is 2.33. The fourth-order valence-electron chi connectivity index (χ4n) is 1.61. The molecule has 98 valence electrons. The molecule has 0 heterocycles. The van der Waals surface area contributed by atoms with Gasteiger partial charge in [0.25, 0.3) is 0 Å². The van der Waals surface area contributed by atoms with Gasteiger partial charge in [-0.15, -0.1) is 0 Å². The smallest absolute Gasteiger partial charge is 0.151 e. The molecule has 0 rings (SSSR count). The quantitative estimate of drug-likeness (QED) is 0.681. The van der Waals surface area contributed by atoms with Gasteiger partial charge in [-0.05, 0) is 18.8 Å². The lowest BCUT2D eigenvalue weighted by molar-refractivity contribution is 0.391. The maximum atomic E-state index is 11.3. The highest BCUT2D eigenvalue weighted by Gasteiger charge is 2.12. The van der Waals surface area contributed by atoms with E-state index in [0.717, 1.165) is 12.8 Å². The van der Waals surface area contributed by atoms with Crippen molar-refractivity contribution in [3.05, 3.63) is 0 Å². The molecule has 0 saturated heterocycles. The zero-order chi connectivity index (χ0) is 12.6. The second kappa shape index (κ2) is 8.07. The van der Waals surface area contributed by atoms with E-state index in [0.29, 0.717) is 18.5 Å². The Morgan fingerprint density at radius 1 is 1.12 bits per heavy atom. The van der Waals surface area contributed by atoms with Gasteiger partial charge in [-0.3, -0.25) is 0 Å². The van der Waals surface area contributed by atoms with Gasteiger partial charge in [-0.2, -0.15) is 0 Å². The third kappa shape index (κ3) is 7.23. The molecule has 2 unspecified atom stereocenters. The minimum absolute atomic E-state index is 0.247. The summed E-state index contributed by atoms with van der Waals surface area (Å²) in [4.78, 5) is 0. The standard InChI is InChI=1S/C12H27NO2S/c1-5-11(4)10-12(6-2)13-8-9-16(14,15)7-3/h11-13H,5-10H2,1-4H3. The minimum Gasteiger partial charge on any atom is -0.313 e. The highest BCUT2D eigenvalue weighted by atomic mass is 32.2. The first kappa shape index (κ1) is 15.9. The molecule has 3 nitrogen and oxygen atoms in total. The van der Waals surface area contributed by atoms with Crippen LogP contribution in [0.1, 0.15) is 47.0 Å². The predicted octanol–water partition coefficient (Wildman–Crippen LogP) is 2.23. The van der Waals surface area contributed by atoms with Gasteiger partial charge < -0.3 is 5.32 Å². The topological polar surface area (TPSA) is 46.2 Å². The largest absolute Gasteiger partial charge is 0.313 e. The first-order valence-corrected chi connectivity index (χ1v) is 8.21. The van der Waals surface area contributed by atoms with Gasteiger partial charge in [0.2, 0.25) is 0 Å². The number of hydrogen-bond donors (Lipinski definition) is 1. The normalized spacial score (nSPS) is 16.0. The van der Waals surface area contributed by atoms with Crippen molar-refractivity contribution in [1.29, 1.82) is 0 Å². The van der Waals surface area contributed by atoms with Crippen molar-refractivity contribution in [1.82, 2.24) is 5.32 Å². The first-order valence-electron chi connectivity index (χ1n) is 6.38. The number of sulfone groups is 1. The Balaban J connectivity index is 3.88. The molecule has 0 bridgehead atoms. The van der Waals surface area contributed by atoms with E-state index in [1.807, 2.05) is 0 Å². The second-order valence-corrected chi connectivity index (χ2v) is 7.02. The van der Waals surface area contributed by atoms with Crippen molar-refractivity contribution in [2.24, 2.45) is 5.92 Å². The maximum Gasteiger partial charge on any atom is 0.151 e. The molecule has 1 N–H and O–H groups in total. The Morgan fingerprint density at radius 2 is 1.75 bits per heavy atom. The molecule has 2 atom stereocenters. The van der Waals surface area contributed by atoms with Crippen LogP contribution in [-0.4, -0.2) is 32.5 Å². The molecule has 4 heteroatoms. The zero-order valence-electron chi connectivity index (χ0n) is 11.1. The SMILES string of the molecule is CCC(C)CC(CC)NCCS(=O)(=O)CC. The van der Waals surface area contributed by atoms with Crippen LogP contribution in [0.3, 0.4) is 0 Å². The highest BCUT2D eigenvalue weighted by molar-refractivity contribution is 7.91. The molecular formula is C12H27NO2S. The fraction of sp³-hybridized carbons (Fsp3) is 1.00. The Hall–Kier alpha value is -0.0900. The molecule has 0 fully saturated rings. The van der Waals surface area contributed by atoms with Crippen molar-refractivity contribution in [3.63, 3.8) is 0 Å². The highest BCUT2D eigenvalue weighted by Crippen LogP contribution is 2.11. The Morgan fingerprint density at radius 3 is 2.19 bits per heavy atom. The average Bonchev–Trinajstić information content (AvgIpc) is 2.27. The zero-order valence-corrected chi connectivity index (χ0v) is 11.9. The molecule has 0 aromatic carbocycles. The lowest BCUT2D eigenvalue weighted by Crippen LogP contribution is -2.34. The predicted molar refractivity (Wildman–Crippen MR) is 70.5 cm³/mol. The van der Waals surface area contributed by atoms with Gasteiger partial charge in [0, 0.05) is 18.3 Å². The maximum absolute atomic E-state index is 11.3. The van der Waals surface area contributed by atoms with E-state index in [9.17, 15) is 8.42 Å². The molecule has 0 radical (unpaired) electrons. The Kier molecular flexibility index (Phi) is 8.02. The minimum atomic E-state index is -2.82. The third-order valence-corrected chi connectivity index (χ3v) is 4.87. The molecule has 0 aliphatic carbocycles. The van der Waals surface area contributed by atoms with E-state index >= 15 is 0 Å². The molecule has 0 aliphatic rings. The molecule has 0 amide bonds. The van der Waals surface area contributed by atoms with E-state index in [2.05, 4.69) is 26.1 Å². The van der Waals surface area contributed by atoms with Crippen LogP contribution in [0.5, 0.6) is 0 Å². The summed E-state index contributed by atoms with van der Waals surface area (Å²) in [5, 5.41) is 3.35. The van der Waals surface area contributed by atoms with Crippen molar-refractivity contribution in [2.45, 2.75) is 53.0 Å². The summed E-state index contributed by atoms with van der Waals surface area (Å²) in [5.41, 5.74) is 0. The summed E-state index contributed by atoms with van der Waals surface area (Å²) in [7, 11) is -2.82. The molecule has 16 heavy (non-hydrogen) atoms. The summed E-state index contributed by atoms with van der Waals surface area (Å²) in [6, 6.07) is 0.460. The number of hydrogen-bond acceptors (Lipinski definition) is 3. The van der Waals surface area contributed by atoms with Gasteiger partial charge in [-0.25, -0.2) is 8.42 Å². The van der Waals surface area contributed by atoms with Gasteiger partial charge >= 0.3 is 0 Å². The van der Waals surface area contributed by atoms with Crippen LogP contribution in [0.2, 0.25) is 0 Å². The van der Waals surface area contributed by atoms with Gasteiger partial charge in [0.15, 0.2) is 9.84 Å². The van der Waals surface area contributed by atoms with Crippen molar-refractivity contribution < 1.29 is 8.42 Å². The van der Waals surface area contributed by atoms with Crippen LogP contribution in [-0.2, 0) is 9.84 Å². The van der Waals surface area contributed by atoms with E-state index in [1.165, 1.54) is 6.42 Å². The summed E-state index contributed by atoms with van der Waals surface area (Å²) in [6.07, 6.45) is 3.39. The molecule has 0 aromatic rings. The van der Waals surface area contributed by atoms with Crippen LogP contribution >= 0.6 is 0 Å². The van der Waals surface area contributed by atoms with E-state index < -0.39 is 9.84 Å². The number of rotatable bonds is 9. The third-order valence-electron chi connectivity index (χ3n) is 3.16. The van der Waals surface area contributed by atoms with Crippen molar-refractivity contribution in [3.8, 4) is 0 Å². The summed E-state index contributed by atoms with van der Waals surface area (Å²) < 4.78 is 22.6. The second-order valence-electron chi connectivity index (χ2n) is 4.54. The van der Waals surface area contributed by atoms with Crippen molar-refractivity contribution >= 4 is 9.84 Å². The van der Waals surface area contributed by atoms with Gasteiger partial charge in [-0.1, -0.05) is 34.1 Å². The summed E-state index contributed by atoms with van der Waals surface area (Å²) in [5.74, 6) is 1.22. The molecule has 0 saturated carbocycles. The Labute approximate surface area is 101 Å². The van der Waals surface area contributed by atoms with Gasteiger partial charge in [0.05, 0.1) is 5.75 Å². The molecule has 0 aliphatic heterocycles. The molecule has 0 spiro atoms. The van der Waals surface area contributed by atoms with Gasteiger partial charge in [0.1, 0.15) is 0 Å². The van der Waals surface area contributed by atoms with E-state index in [-0.39, 0.29) is 11.5 Å². The van der Waals surface area contributed by atoms with E-state index in [1.54, 1.807) is 6.92 Å². The molecule has 0 aromatic heterocycles. The lowest BCUT2D eigenvalue weighted by Gasteiger charge is -2.20. The van der Waals surface area contributed by atoms with Crippen LogP contribution in [0, 0.1) is 5.92 Å². The Bertz CT molecular complexity index is 262. The van der Waals surface area contributed by atoms with Crippen LogP contribution in [0.15, 0.2) is 0 Å². The molecular weight excluding hydrogens is 222 g/mol. The summed E-state index contributed by atoms with van der Waals surface area (Å²) >= 11 is 0. The average molecular weight is 249 g/mol. The number of nitrogens with one attached hydrogen (secondary N) is 1. The first-order chi connectivity index (χ1) is 7.45. The monoisotopic (exact) mass is 249 g/mol. The van der Waals surface area contributed by atoms with Crippen molar-refractivity contribution in [2.75, 3.05) is 18.1 Å². The summed E-state index contributed by atoms with van der Waals surface area (Å²) in [6.45, 7) is 8.87. The van der Waals surface area contributed by atoms with Crippen LogP contribution < -0.4 is 5.32 Å². The van der Waals surface area contributed by atoms with Crippen LogP contribution in [0.4, 0.5) is 0 Å².